The molecule has 5 aliphatic rings. The lowest BCUT2D eigenvalue weighted by atomic mass is 9.56. The van der Waals surface area contributed by atoms with Crippen molar-refractivity contribution in [3.05, 3.63) is 24.3 Å². The largest absolute Gasteiger partial charge is 0.486 e. The van der Waals surface area contributed by atoms with Gasteiger partial charge in [0.2, 0.25) is 5.91 Å². The van der Waals surface area contributed by atoms with Crippen molar-refractivity contribution < 1.29 is 14.3 Å². The van der Waals surface area contributed by atoms with E-state index in [-0.39, 0.29) is 12.0 Å². The normalized spacial score (nSPS) is 35.9. The van der Waals surface area contributed by atoms with Crippen molar-refractivity contribution in [1.29, 1.82) is 0 Å². The predicted octanol–water partition coefficient (Wildman–Crippen LogP) is 3.99. The van der Waals surface area contributed by atoms with Gasteiger partial charge in [0.25, 0.3) is 0 Å². The third kappa shape index (κ3) is 3.55. The van der Waals surface area contributed by atoms with Crippen molar-refractivity contribution in [2.24, 2.45) is 17.8 Å². The first-order valence-corrected chi connectivity index (χ1v) is 11.3. The van der Waals surface area contributed by atoms with Gasteiger partial charge in [-0.2, -0.15) is 0 Å². The van der Waals surface area contributed by atoms with E-state index in [9.17, 15) is 4.79 Å². The van der Waals surface area contributed by atoms with E-state index in [1.165, 1.54) is 38.5 Å². The zero-order chi connectivity index (χ0) is 18.4. The van der Waals surface area contributed by atoms with Gasteiger partial charge in [0.15, 0.2) is 17.6 Å². The first-order chi connectivity index (χ1) is 13.1. The Morgan fingerprint density at radius 3 is 2.41 bits per heavy atom. The van der Waals surface area contributed by atoms with Crippen molar-refractivity contribution in [1.82, 2.24) is 4.90 Å². The SMILES string of the molecule is CN(C[C@H]1COc2ccccc2O1)C(=O)CSC12CC3CC(CC(C3)C1)C2. The number of thioether (sulfide) groups is 1. The highest BCUT2D eigenvalue weighted by molar-refractivity contribution is 8.01. The lowest BCUT2D eigenvalue weighted by Gasteiger charge is -2.56. The molecule has 1 heterocycles. The maximum absolute atomic E-state index is 12.8. The van der Waals surface area contributed by atoms with Crippen LogP contribution >= 0.6 is 11.8 Å². The summed E-state index contributed by atoms with van der Waals surface area (Å²) in [6, 6.07) is 7.73. The average molecular weight is 388 g/mol. The Kier molecular flexibility index (Phi) is 4.53. The number of benzene rings is 1. The smallest absolute Gasteiger partial charge is 0.232 e. The van der Waals surface area contributed by atoms with Gasteiger partial charge in [-0.1, -0.05) is 12.1 Å². The number of para-hydroxylation sites is 2. The van der Waals surface area contributed by atoms with E-state index in [1.807, 2.05) is 48.0 Å². The molecular weight excluding hydrogens is 358 g/mol. The minimum Gasteiger partial charge on any atom is -0.486 e. The first kappa shape index (κ1) is 17.7. The molecule has 1 aliphatic heterocycles. The number of carbonyl (C=O) groups is 1. The van der Waals surface area contributed by atoms with Crippen molar-refractivity contribution in [2.45, 2.75) is 49.4 Å². The van der Waals surface area contributed by atoms with Gasteiger partial charge in [-0.25, -0.2) is 0 Å². The van der Waals surface area contributed by atoms with E-state index in [0.717, 1.165) is 29.3 Å². The molecule has 6 rings (SSSR count). The second-order valence-electron chi connectivity index (χ2n) is 9.16. The van der Waals surface area contributed by atoms with E-state index >= 15 is 0 Å². The summed E-state index contributed by atoms with van der Waals surface area (Å²) in [4.78, 5) is 14.6. The van der Waals surface area contributed by atoms with E-state index < -0.39 is 0 Å². The standard InChI is InChI=1S/C22H29NO3S/c1-23(12-18-13-25-19-4-2-3-5-20(19)26-18)21(24)14-27-22-9-15-6-16(10-22)8-17(7-15)11-22/h2-5,15-18H,6-14H2,1H3/t15?,16?,17?,18-,22?/m0/s1. The summed E-state index contributed by atoms with van der Waals surface area (Å²) in [5.74, 6) is 5.20. The van der Waals surface area contributed by atoms with E-state index in [2.05, 4.69) is 0 Å². The molecule has 4 nitrogen and oxygen atoms in total. The maximum atomic E-state index is 12.8. The molecule has 0 spiro atoms. The third-order valence-electron chi connectivity index (χ3n) is 6.95. The Balaban J connectivity index is 1.14. The minimum atomic E-state index is -0.0987. The lowest BCUT2D eigenvalue weighted by molar-refractivity contribution is -0.128. The molecule has 0 radical (unpaired) electrons. The van der Waals surface area contributed by atoms with E-state index in [1.54, 1.807) is 0 Å². The van der Waals surface area contributed by atoms with Crippen LogP contribution in [0.25, 0.3) is 0 Å². The summed E-state index contributed by atoms with van der Waals surface area (Å²) in [5.41, 5.74) is 0. The van der Waals surface area contributed by atoms with Crippen LogP contribution in [0.1, 0.15) is 38.5 Å². The quantitative estimate of drug-likeness (QED) is 0.766. The zero-order valence-corrected chi connectivity index (χ0v) is 16.9. The number of hydrogen-bond acceptors (Lipinski definition) is 4. The highest BCUT2D eigenvalue weighted by Gasteiger charge is 2.51. The van der Waals surface area contributed by atoms with E-state index in [4.69, 9.17) is 9.47 Å². The molecule has 1 aromatic rings. The monoisotopic (exact) mass is 387 g/mol. The van der Waals surface area contributed by atoms with Crippen molar-refractivity contribution >= 4 is 17.7 Å². The topological polar surface area (TPSA) is 38.8 Å². The number of nitrogens with zero attached hydrogens (tertiary/aromatic N) is 1. The molecule has 1 amide bonds. The van der Waals surface area contributed by atoms with Crippen LogP contribution in [0.15, 0.2) is 24.3 Å². The minimum absolute atomic E-state index is 0.0987. The molecule has 4 bridgehead atoms. The highest BCUT2D eigenvalue weighted by Crippen LogP contribution is 2.60. The molecule has 4 saturated carbocycles. The second-order valence-corrected chi connectivity index (χ2v) is 10.6. The van der Waals surface area contributed by atoms with Gasteiger partial charge < -0.3 is 14.4 Å². The fraction of sp³-hybridized carbons (Fsp3) is 0.682. The van der Waals surface area contributed by atoms with Crippen LogP contribution in [-0.4, -0.2) is 47.6 Å². The summed E-state index contributed by atoms with van der Waals surface area (Å²) in [6.45, 7) is 1.07. The number of ether oxygens (including phenoxy) is 2. The number of hydrogen-bond donors (Lipinski definition) is 0. The van der Waals surface area contributed by atoms with Gasteiger partial charge in [-0.3, -0.25) is 4.79 Å². The van der Waals surface area contributed by atoms with Gasteiger partial charge in [0.1, 0.15) is 6.61 Å². The molecule has 0 unspecified atom stereocenters. The van der Waals surface area contributed by atoms with Crippen LogP contribution in [0, 0.1) is 17.8 Å². The first-order valence-electron chi connectivity index (χ1n) is 10.3. The Labute approximate surface area is 166 Å². The molecule has 5 heteroatoms. The zero-order valence-electron chi connectivity index (χ0n) is 16.1. The van der Waals surface area contributed by atoms with Gasteiger partial charge in [-0.05, 0) is 68.4 Å². The molecule has 146 valence electrons. The lowest BCUT2D eigenvalue weighted by Crippen LogP contribution is -2.49. The molecule has 0 saturated heterocycles. The average Bonchev–Trinajstić information content (AvgIpc) is 2.65. The molecule has 1 atom stereocenters. The number of rotatable bonds is 5. The molecule has 27 heavy (non-hydrogen) atoms. The summed E-state index contributed by atoms with van der Waals surface area (Å²) in [5, 5.41) is 0. The van der Waals surface area contributed by atoms with Crippen LogP contribution in [0.2, 0.25) is 0 Å². The van der Waals surface area contributed by atoms with Gasteiger partial charge in [0, 0.05) is 11.8 Å². The van der Waals surface area contributed by atoms with Crippen LogP contribution in [0.4, 0.5) is 0 Å². The van der Waals surface area contributed by atoms with Gasteiger partial charge >= 0.3 is 0 Å². The van der Waals surface area contributed by atoms with Crippen LogP contribution in [-0.2, 0) is 4.79 Å². The molecule has 4 fully saturated rings. The predicted molar refractivity (Wildman–Crippen MR) is 107 cm³/mol. The molecule has 0 aromatic heterocycles. The van der Waals surface area contributed by atoms with Gasteiger partial charge in [0.05, 0.1) is 12.3 Å². The molecule has 4 aliphatic carbocycles. The molecule has 0 N–H and O–H groups in total. The van der Waals surface area contributed by atoms with Crippen LogP contribution < -0.4 is 9.47 Å². The van der Waals surface area contributed by atoms with E-state index in [0.29, 0.717) is 23.7 Å². The Hall–Kier alpha value is -1.36. The van der Waals surface area contributed by atoms with Crippen LogP contribution in [0.5, 0.6) is 11.5 Å². The molecule has 1 aromatic carbocycles. The Bertz CT molecular complexity index is 686. The number of carbonyl (C=O) groups excluding carboxylic acids is 1. The Morgan fingerprint density at radius 2 is 1.74 bits per heavy atom. The van der Waals surface area contributed by atoms with Crippen LogP contribution in [0.3, 0.4) is 0 Å². The van der Waals surface area contributed by atoms with Crippen molar-refractivity contribution in [3.8, 4) is 11.5 Å². The summed E-state index contributed by atoms with van der Waals surface area (Å²) in [6.07, 6.45) is 8.29. The number of fused-ring (bicyclic) bond motifs is 1. The fourth-order valence-electron chi connectivity index (χ4n) is 6.09. The summed E-state index contributed by atoms with van der Waals surface area (Å²) < 4.78 is 12.2. The van der Waals surface area contributed by atoms with Crippen molar-refractivity contribution in [3.63, 3.8) is 0 Å². The highest BCUT2D eigenvalue weighted by atomic mass is 32.2. The second kappa shape index (κ2) is 6.91. The van der Waals surface area contributed by atoms with Gasteiger partial charge in [-0.15, -0.1) is 11.8 Å². The third-order valence-corrected chi connectivity index (χ3v) is 8.46. The summed E-state index contributed by atoms with van der Waals surface area (Å²) >= 11 is 1.96. The Morgan fingerprint density at radius 1 is 1.11 bits per heavy atom. The summed E-state index contributed by atoms with van der Waals surface area (Å²) in [7, 11) is 1.90. The number of likely N-dealkylation sites (N-methyl/N-ethyl adjacent to an activating group) is 1. The fourth-order valence-corrected chi connectivity index (χ4v) is 7.80. The molecular formula is C22H29NO3S. The maximum Gasteiger partial charge on any atom is 0.232 e. The van der Waals surface area contributed by atoms with Crippen molar-refractivity contribution in [2.75, 3.05) is 26.0 Å². The number of amides is 1.